The molecule has 0 aromatic heterocycles. The highest BCUT2D eigenvalue weighted by atomic mass is 35.5. The van der Waals surface area contributed by atoms with Crippen LogP contribution in [-0.4, -0.2) is 22.9 Å². The number of rotatable bonds is 5. The Morgan fingerprint density at radius 2 is 1.77 bits per heavy atom. The normalized spacial score (nSPS) is 24.4. The molecule has 0 radical (unpaired) electrons. The van der Waals surface area contributed by atoms with Gasteiger partial charge in [-0.1, -0.05) is 43.2 Å². The van der Waals surface area contributed by atoms with E-state index in [2.05, 4.69) is 17.0 Å². The van der Waals surface area contributed by atoms with Crippen molar-refractivity contribution in [2.45, 2.75) is 63.6 Å². The van der Waals surface area contributed by atoms with E-state index < -0.39 is 0 Å². The van der Waals surface area contributed by atoms with Crippen LogP contribution in [-0.2, 0) is 11.3 Å². The van der Waals surface area contributed by atoms with Crippen LogP contribution in [0, 0.1) is 5.92 Å². The molecule has 2 unspecified atom stereocenters. The van der Waals surface area contributed by atoms with Crippen LogP contribution in [0.15, 0.2) is 30.3 Å². The Labute approximate surface area is 139 Å². The average Bonchev–Trinajstić information content (AvgIpc) is 3.33. The minimum Gasteiger partial charge on any atom is -0.335 e. The van der Waals surface area contributed by atoms with Gasteiger partial charge in [0.15, 0.2) is 0 Å². The summed E-state index contributed by atoms with van der Waals surface area (Å²) in [5, 5.41) is 0. The molecule has 4 heteroatoms. The Morgan fingerprint density at radius 1 is 1.09 bits per heavy atom. The zero-order valence-corrected chi connectivity index (χ0v) is 13.9. The van der Waals surface area contributed by atoms with Gasteiger partial charge in [-0.15, -0.1) is 12.4 Å². The first-order valence-electron chi connectivity index (χ1n) is 8.33. The zero-order valence-electron chi connectivity index (χ0n) is 13.1. The fraction of sp³-hybridized carbons (Fsp3) is 0.611. The molecule has 3 rings (SSSR count). The molecule has 2 aliphatic carbocycles. The highest BCUT2D eigenvalue weighted by Crippen LogP contribution is 2.32. The van der Waals surface area contributed by atoms with E-state index in [4.69, 9.17) is 5.73 Å². The third-order valence-corrected chi connectivity index (χ3v) is 4.91. The lowest BCUT2D eigenvalue weighted by molar-refractivity contribution is -0.133. The molecule has 0 heterocycles. The van der Waals surface area contributed by atoms with Crippen molar-refractivity contribution in [1.82, 2.24) is 4.90 Å². The Balaban J connectivity index is 0.00000176. The van der Waals surface area contributed by atoms with E-state index in [0.29, 0.717) is 24.3 Å². The second-order valence-electron chi connectivity index (χ2n) is 6.65. The summed E-state index contributed by atoms with van der Waals surface area (Å²) >= 11 is 0. The highest BCUT2D eigenvalue weighted by Gasteiger charge is 2.34. The molecule has 2 N–H and O–H groups in total. The fourth-order valence-corrected chi connectivity index (χ4v) is 3.42. The van der Waals surface area contributed by atoms with E-state index in [9.17, 15) is 4.79 Å². The van der Waals surface area contributed by atoms with E-state index in [1.165, 1.54) is 18.4 Å². The fourth-order valence-electron chi connectivity index (χ4n) is 3.42. The van der Waals surface area contributed by atoms with Gasteiger partial charge in [-0.05, 0) is 37.2 Å². The molecule has 1 aromatic rings. The molecular weight excluding hydrogens is 296 g/mol. The summed E-state index contributed by atoms with van der Waals surface area (Å²) in [4.78, 5) is 14.8. The van der Waals surface area contributed by atoms with E-state index in [0.717, 1.165) is 32.2 Å². The van der Waals surface area contributed by atoms with Crippen LogP contribution in [0.3, 0.4) is 0 Å². The van der Waals surface area contributed by atoms with Crippen LogP contribution in [0.25, 0.3) is 0 Å². The van der Waals surface area contributed by atoms with Crippen LogP contribution < -0.4 is 5.73 Å². The Hall–Kier alpha value is -1.06. The predicted molar refractivity (Wildman–Crippen MR) is 91.8 cm³/mol. The molecule has 2 atom stereocenters. The van der Waals surface area contributed by atoms with Crippen molar-refractivity contribution in [3.63, 3.8) is 0 Å². The van der Waals surface area contributed by atoms with Crippen molar-refractivity contribution in [2.24, 2.45) is 11.7 Å². The largest absolute Gasteiger partial charge is 0.335 e. The third kappa shape index (κ3) is 4.47. The quantitative estimate of drug-likeness (QED) is 0.901. The molecule has 2 aliphatic rings. The smallest absolute Gasteiger partial charge is 0.223 e. The summed E-state index contributed by atoms with van der Waals surface area (Å²) in [6.45, 7) is 0.756. The maximum absolute atomic E-state index is 12.7. The number of nitrogens with two attached hydrogens (primary N) is 1. The Bertz CT molecular complexity index is 475. The van der Waals surface area contributed by atoms with Gasteiger partial charge >= 0.3 is 0 Å². The van der Waals surface area contributed by atoms with E-state index >= 15 is 0 Å². The van der Waals surface area contributed by atoms with Crippen LogP contribution in [0.4, 0.5) is 0 Å². The molecule has 2 saturated carbocycles. The van der Waals surface area contributed by atoms with Crippen molar-refractivity contribution in [3.8, 4) is 0 Å². The number of hydrogen-bond acceptors (Lipinski definition) is 2. The molecule has 1 amide bonds. The highest BCUT2D eigenvalue weighted by molar-refractivity contribution is 5.85. The Kier molecular flexibility index (Phi) is 6.27. The van der Waals surface area contributed by atoms with Gasteiger partial charge in [0, 0.05) is 25.0 Å². The van der Waals surface area contributed by atoms with Crippen molar-refractivity contribution < 1.29 is 4.79 Å². The molecule has 0 bridgehead atoms. The standard InChI is InChI=1S/C18H26N2O.ClH/c19-17-9-5-4-8-15(17)12-18(21)20(16-10-11-16)13-14-6-2-1-3-7-14;/h1-3,6-7,15-17H,4-5,8-13,19H2;1H. The number of amides is 1. The lowest BCUT2D eigenvalue weighted by Crippen LogP contribution is -2.39. The predicted octanol–water partition coefficient (Wildman–Crippen LogP) is 3.51. The first kappa shape index (κ1) is 17.3. The van der Waals surface area contributed by atoms with Gasteiger partial charge in [0.1, 0.15) is 0 Å². The number of halogens is 1. The minimum absolute atomic E-state index is 0. The van der Waals surface area contributed by atoms with Gasteiger partial charge in [-0.3, -0.25) is 4.79 Å². The lowest BCUT2D eigenvalue weighted by atomic mass is 9.82. The molecule has 0 spiro atoms. The van der Waals surface area contributed by atoms with Crippen LogP contribution in [0.1, 0.15) is 50.5 Å². The van der Waals surface area contributed by atoms with Gasteiger partial charge in [0.25, 0.3) is 0 Å². The summed E-state index contributed by atoms with van der Waals surface area (Å²) in [6.07, 6.45) is 7.63. The topological polar surface area (TPSA) is 46.3 Å². The molecule has 2 fully saturated rings. The number of benzene rings is 1. The third-order valence-electron chi connectivity index (χ3n) is 4.91. The lowest BCUT2D eigenvalue weighted by Gasteiger charge is -2.31. The SMILES string of the molecule is Cl.NC1CCCCC1CC(=O)N(Cc1ccccc1)C1CC1. The number of nitrogens with zero attached hydrogens (tertiary/aromatic N) is 1. The molecule has 0 aliphatic heterocycles. The Morgan fingerprint density at radius 3 is 2.41 bits per heavy atom. The summed E-state index contributed by atoms with van der Waals surface area (Å²) in [7, 11) is 0. The zero-order chi connectivity index (χ0) is 14.7. The van der Waals surface area contributed by atoms with Crippen molar-refractivity contribution in [2.75, 3.05) is 0 Å². The minimum atomic E-state index is 0. The van der Waals surface area contributed by atoms with Crippen molar-refractivity contribution in [3.05, 3.63) is 35.9 Å². The van der Waals surface area contributed by atoms with Crippen LogP contribution in [0.5, 0.6) is 0 Å². The summed E-state index contributed by atoms with van der Waals surface area (Å²) in [6, 6.07) is 11.0. The maximum Gasteiger partial charge on any atom is 0.223 e. The summed E-state index contributed by atoms with van der Waals surface area (Å²) < 4.78 is 0. The molecule has 3 nitrogen and oxygen atoms in total. The van der Waals surface area contributed by atoms with Gasteiger partial charge in [-0.2, -0.15) is 0 Å². The molecular formula is C18H27ClN2O. The molecule has 122 valence electrons. The maximum atomic E-state index is 12.7. The average molecular weight is 323 g/mol. The number of hydrogen-bond donors (Lipinski definition) is 1. The van der Waals surface area contributed by atoms with Crippen LogP contribution in [0.2, 0.25) is 0 Å². The van der Waals surface area contributed by atoms with E-state index in [-0.39, 0.29) is 18.4 Å². The van der Waals surface area contributed by atoms with Crippen molar-refractivity contribution in [1.29, 1.82) is 0 Å². The monoisotopic (exact) mass is 322 g/mol. The second-order valence-corrected chi connectivity index (χ2v) is 6.65. The van der Waals surface area contributed by atoms with Crippen molar-refractivity contribution >= 4 is 18.3 Å². The second kappa shape index (κ2) is 7.98. The van der Waals surface area contributed by atoms with Gasteiger partial charge in [0.2, 0.25) is 5.91 Å². The summed E-state index contributed by atoms with van der Waals surface area (Å²) in [5.74, 6) is 0.701. The van der Waals surface area contributed by atoms with E-state index in [1.807, 2.05) is 18.2 Å². The number of carbonyl (C=O) groups is 1. The van der Waals surface area contributed by atoms with Gasteiger partial charge in [-0.25, -0.2) is 0 Å². The van der Waals surface area contributed by atoms with Gasteiger partial charge in [0.05, 0.1) is 0 Å². The first-order chi connectivity index (χ1) is 10.2. The van der Waals surface area contributed by atoms with Gasteiger partial charge < -0.3 is 10.6 Å². The van der Waals surface area contributed by atoms with E-state index in [1.54, 1.807) is 0 Å². The number of carbonyl (C=O) groups excluding carboxylic acids is 1. The summed E-state index contributed by atoms with van der Waals surface area (Å²) in [5.41, 5.74) is 7.43. The van der Waals surface area contributed by atoms with Crippen LogP contribution >= 0.6 is 12.4 Å². The molecule has 0 saturated heterocycles. The first-order valence-corrected chi connectivity index (χ1v) is 8.33. The molecule has 22 heavy (non-hydrogen) atoms. The molecule has 1 aromatic carbocycles.